The summed E-state index contributed by atoms with van der Waals surface area (Å²) in [5.41, 5.74) is 0.848. The van der Waals surface area contributed by atoms with E-state index in [1.54, 1.807) is 7.11 Å². The van der Waals surface area contributed by atoms with Crippen molar-refractivity contribution in [1.82, 2.24) is 0 Å². The fourth-order valence-corrected chi connectivity index (χ4v) is 3.09. The van der Waals surface area contributed by atoms with Gasteiger partial charge in [0.15, 0.2) is 0 Å². The van der Waals surface area contributed by atoms with Gasteiger partial charge < -0.3 is 4.74 Å². The molecule has 4 nitrogen and oxygen atoms in total. The first-order valence-corrected chi connectivity index (χ1v) is 7.05. The number of methoxy groups -OCH3 is 1. The second-order valence-electron chi connectivity index (χ2n) is 4.18. The van der Waals surface area contributed by atoms with Crippen molar-refractivity contribution >= 4 is 11.8 Å². The Morgan fingerprint density at radius 2 is 1.80 bits per heavy atom. The van der Waals surface area contributed by atoms with Crippen LogP contribution >= 0.6 is 11.8 Å². The first-order valence-electron chi connectivity index (χ1n) is 6.17. The average Bonchev–Trinajstić information content (AvgIpc) is 2.47. The Balaban J connectivity index is 2.29. The number of thioether (sulfide) groups is 1. The van der Waals surface area contributed by atoms with Gasteiger partial charge in [0.2, 0.25) is 6.54 Å². The van der Waals surface area contributed by atoms with Crippen LogP contribution in [-0.2, 0) is 0 Å². The minimum absolute atomic E-state index is 0.139. The second kappa shape index (κ2) is 6.96. The van der Waals surface area contributed by atoms with E-state index in [0.717, 1.165) is 10.5 Å². The summed E-state index contributed by atoms with van der Waals surface area (Å²) in [6.07, 6.45) is 0. The number of nitro groups is 1. The Hall–Kier alpha value is -2.01. The lowest BCUT2D eigenvalue weighted by molar-refractivity contribution is -0.479. The Bertz CT molecular complexity index is 574. The third-order valence-corrected chi connectivity index (χ3v) is 4.05. The van der Waals surface area contributed by atoms with Gasteiger partial charge in [0.1, 0.15) is 11.0 Å². The standard InChI is InChI=1S/C15H15NO3S/c1-19-14-10-6-5-9-13(14)15(11-16(17)18)20-12-7-3-2-4-8-12/h2-10,15H,11H2,1H3. The summed E-state index contributed by atoms with van der Waals surface area (Å²) in [6.45, 7) is -0.139. The minimum Gasteiger partial charge on any atom is -0.496 e. The van der Waals surface area contributed by atoms with Gasteiger partial charge in [-0.25, -0.2) is 0 Å². The Kier molecular flexibility index (Phi) is 5.01. The highest BCUT2D eigenvalue weighted by atomic mass is 32.2. The summed E-state index contributed by atoms with van der Waals surface area (Å²) in [7, 11) is 1.58. The molecule has 0 fully saturated rings. The normalized spacial score (nSPS) is 11.8. The Labute approximate surface area is 121 Å². The molecule has 2 rings (SSSR count). The number of rotatable bonds is 6. The molecule has 1 atom stereocenters. The molecule has 2 aromatic rings. The van der Waals surface area contributed by atoms with Crippen LogP contribution in [0.4, 0.5) is 0 Å². The maximum absolute atomic E-state index is 10.9. The smallest absolute Gasteiger partial charge is 0.220 e. The molecule has 20 heavy (non-hydrogen) atoms. The molecular formula is C15H15NO3S. The van der Waals surface area contributed by atoms with E-state index in [1.165, 1.54) is 11.8 Å². The van der Waals surface area contributed by atoms with Crippen molar-refractivity contribution in [2.24, 2.45) is 0 Å². The maximum atomic E-state index is 10.9. The van der Waals surface area contributed by atoms with Crippen LogP contribution in [0.2, 0.25) is 0 Å². The molecule has 0 aliphatic carbocycles. The third kappa shape index (κ3) is 3.74. The quantitative estimate of drug-likeness (QED) is 0.461. The molecule has 0 bridgehead atoms. The van der Waals surface area contributed by atoms with E-state index in [1.807, 2.05) is 54.6 Å². The SMILES string of the molecule is COc1ccccc1C(C[N+](=O)[O-])Sc1ccccc1. The van der Waals surface area contributed by atoms with Gasteiger partial charge in [0.25, 0.3) is 0 Å². The Morgan fingerprint density at radius 3 is 2.45 bits per heavy atom. The predicted molar refractivity (Wildman–Crippen MR) is 79.9 cm³/mol. The van der Waals surface area contributed by atoms with Crippen LogP contribution in [0.15, 0.2) is 59.5 Å². The first-order chi connectivity index (χ1) is 9.70. The van der Waals surface area contributed by atoms with E-state index in [-0.39, 0.29) is 16.7 Å². The van der Waals surface area contributed by atoms with Crippen LogP contribution in [0.5, 0.6) is 5.75 Å². The van der Waals surface area contributed by atoms with Crippen LogP contribution in [0, 0.1) is 10.1 Å². The Morgan fingerprint density at radius 1 is 1.15 bits per heavy atom. The van der Waals surface area contributed by atoms with E-state index in [4.69, 9.17) is 4.74 Å². The maximum Gasteiger partial charge on any atom is 0.220 e. The highest BCUT2D eigenvalue weighted by molar-refractivity contribution is 7.99. The molecule has 0 aliphatic heterocycles. The average molecular weight is 289 g/mol. The molecule has 0 aromatic heterocycles. The molecule has 0 saturated carbocycles. The minimum atomic E-state index is -0.285. The highest BCUT2D eigenvalue weighted by Gasteiger charge is 2.22. The number of benzene rings is 2. The molecule has 0 heterocycles. The van der Waals surface area contributed by atoms with Gasteiger partial charge in [-0.15, -0.1) is 11.8 Å². The van der Waals surface area contributed by atoms with E-state index >= 15 is 0 Å². The number of ether oxygens (including phenoxy) is 1. The zero-order valence-electron chi connectivity index (χ0n) is 11.1. The largest absolute Gasteiger partial charge is 0.496 e. The number of para-hydroxylation sites is 1. The lowest BCUT2D eigenvalue weighted by Gasteiger charge is -2.16. The van der Waals surface area contributed by atoms with Crippen molar-refractivity contribution in [2.45, 2.75) is 10.1 Å². The van der Waals surface area contributed by atoms with Crippen molar-refractivity contribution in [1.29, 1.82) is 0 Å². The summed E-state index contributed by atoms with van der Waals surface area (Å²) in [5, 5.41) is 10.6. The fourth-order valence-electron chi connectivity index (χ4n) is 1.93. The van der Waals surface area contributed by atoms with Gasteiger partial charge in [-0.3, -0.25) is 10.1 Å². The van der Waals surface area contributed by atoms with Crippen LogP contribution in [0.3, 0.4) is 0 Å². The summed E-state index contributed by atoms with van der Waals surface area (Å²) in [5.74, 6) is 0.683. The van der Waals surface area contributed by atoms with E-state index in [0.29, 0.717) is 5.75 Å². The molecule has 104 valence electrons. The highest BCUT2D eigenvalue weighted by Crippen LogP contribution is 2.39. The van der Waals surface area contributed by atoms with Crippen LogP contribution < -0.4 is 4.74 Å². The topological polar surface area (TPSA) is 52.4 Å². The van der Waals surface area contributed by atoms with Gasteiger partial charge in [-0.1, -0.05) is 36.4 Å². The molecule has 0 aliphatic rings. The summed E-state index contributed by atoms with van der Waals surface area (Å²) < 4.78 is 5.31. The van der Waals surface area contributed by atoms with Crippen LogP contribution in [-0.4, -0.2) is 18.6 Å². The first kappa shape index (κ1) is 14.4. The lowest BCUT2D eigenvalue weighted by atomic mass is 10.1. The van der Waals surface area contributed by atoms with Gasteiger partial charge in [-0.2, -0.15) is 0 Å². The van der Waals surface area contributed by atoms with Crippen LogP contribution in [0.25, 0.3) is 0 Å². The molecule has 0 amide bonds. The molecule has 0 spiro atoms. The van der Waals surface area contributed by atoms with E-state index in [9.17, 15) is 10.1 Å². The second-order valence-corrected chi connectivity index (χ2v) is 5.45. The summed E-state index contributed by atoms with van der Waals surface area (Å²) >= 11 is 1.48. The van der Waals surface area contributed by atoms with E-state index in [2.05, 4.69) is 0 Å². The summed E-state index contributed by atoms with van der Waals surface area (Å²) in [6, 6.07) is 17.1. The number of hydrogen-bond donors (Lipinski definition) is 0. The van der Waals surface area contributed by atoms with Crippen molar-refractivity contribution in [3.63, 3.8) is 0 Å². The van der Waals surface area contributed by atoms with Gasteiger partial charge in [0.05, 0.1) is 7.11 Å². The van der Waals surface area contributed by atoms with Gasteiger partial charge in [-0.05, 0) is 18.2 Å². The monoisotopic (exact) mass is 289 g/mol. The van der Waals surface area contributed by atoms with Crippen molar-refractivity contribution in [3.05, 3.63) is 70.3 Å². The molecule has 5 heteroatoms. The number of nitrogens with zero attached hydrogens (tertiary/aromatic N) is 1. The summed E-state index contributed by atoms with van der Waals surface area (Å²) in [4.78, 5) is 11.6. The zero-order chi connectivity index (χ0) is 14.4. The third-order valence-electron chi connectivity index (χ3n) is 2.82. The molecule has 0 saturated heterocycles. The van der Waals surface area contributed by atoms with Gasteiger partial charge >= 0.3 is 0 Å². The lowest BCUT2D eigenvalue weighted by Crippen LogP contribution is -2.10. The van der Waals surface area contributed by atoms with Crippen molar-refractivity contribution in [2.75, 3.05) is 13.7 Å². The zero-order valence-corrected chi connectivity index (χ0v) is 11.9. The van der Waals surface area contributed by atoms with E-state index < -0.39 is 0 Å². The van der Waals surface area contributed by atoms with Crippen LogP contribution in [0.1, 0.15) is 10.8 Å². The molecule has 1 unspecified atom stereocenters. The molecule has 0 N–H and O–H groups in total. The van der Waals surface area contributed by atoms with Gasteiger partial charge in [0, 0.05) is 15.4 Å². The van der Waals surface area contributed by atoms with Crippen molar-refractivity contribution < 1.29 is 9.66 Å². The number of hydrogen-bond acceptors (Lipinski definition) is 4. The predicted octanol–water partition coefficient (Wildman–Crippen LogP) is 3.81. The molecule has 2 aromatic carbocycles. The molecular weight excluding hydrogens is 274 g/mol. The van der Waals surface area contributed by atoms with Crippen molar-refractivity contribution in [3.8, 4) is 5.75 Å². The fraction of sp³-hybridized carbons (Fsp3) is 0.200. The molecule has 0 radical (unpaired) electrons.